The minimum atomic E-state index is -0.552. The molecule has 2 rings (SSSR count). The van der Waals surface area contributed by atoms with Gasteiger partial charge in [-0.05, 0) is 30.2 Å². The monoisotopic (exact) mass is 269 g/mol. The quantitative estimate of drug-likeness (QED) is 0.919. The lowest BCUT2D eigenvalue weighted by Crippen LogP contribution is -2.52. The summed E-state index contributed by atoms with van der Waals surface area (Å²) in [5, 5.41) is 2.32. The van der Waals surface area contributed by atoms with Gasteiger partial charge in [-0.15, -0.1) is 0 Å². The number of hydrogen-bond acceptors (Lipinski definition) is 2. The van der Waals surface area contributed by atoms with Crippen molar-refractivity contribution in [3.05, 3.63) is 48.0 Å². The number of benzene rings is 2. The maximum Gasteiger partial charge on any atom is 0.144 e. The molecule has 0 heterocycles. The highest BCUT2D eigenvalue weighted by Crippen LogP contribution is 2.31. The molecule has 0 radical (unpaired) electrons. The molecular weight excluding hydrogens is 246 g/mol. The van der Waals surface area contributed by atoms with Gasteiger partial charge in [0.1, 0.15) is 5.78 Å². The Morgan fingerprint density at radius 2 is 1.60 bits per heavy atom. The van der Waals surface area contributed by atoms with Crippen LogP contribution in [0.4, 0.5) is 0 Å². The summed E-state index contributed by atoms with van der Waals surface area (Å²) in [6.45, 7) is 7.68. The van der Waals surface area contributed by atoms with Crippen molar-refractivity contribution in [2.75, 3.05) is 0 Å². The third-order valence-electron chi connectivity index (χ3n) is 4.54. The first-order valence-corrected chi connectivity index (χ1v) is 7.02. The molecule has 2 nitrogen and oxygen atoms in total. The number of Topliss-reactive ketones (excluding diaryl/α,β-unsaturated/α-hetero) is 1. The number of carbonyl (C=O) groups is 1. The Bertz CT molecular complexity index is 630. The van der Waals surface area contributed by atoms with E-state index in [0.717, 1.165) is 10.9 Å². The van der Waals surface area contributed by atoms with Crippen molar-refractivity contribution in [1.82, 2.24) is 0 Å². The molecule has 2 heteroatoms. The lowest BCUT2D eigenvalue weighted by atomic mass is 9.70. The first kappa shape index (κ1) is 14.7. The molecule has 0 aliphatic rings. The standard InChI is InChI=1S/C18H23NO/c1-17(2,18(3,4)19)16(20)12-14-10-7-9-13-8-5-6-11-15(13)14/h5-11H,12,19H2,1-4H3. The molecule has 20 heavy (non-hydrogen) atoms. The van der Waals surface area contributed by atoms with Crippen LogP contribution in [-0.2, 0) is 11.2 Å². The van der Waals surface area contributed by atoms with Crippen LogP contribution in [0.25, 0.3) is 10.8 Å². The van der Waals surface area contributed by atoms with Gasteiger partial charge in [-0.3, -0.25) is 4.79 Å². The molecule has 0 aliphatic carbocycles. The molecule has 0 unspecified atom stereocenters. The Hall–Kier alpha value is -1.67. The van der Waals surface area contributed by atoms with Gasteiger partial charge in [-0.2, -0.15) is 0 Å². The van der Waals surface area contributed by atoms with E-state index in [4.69, 9.17) is 5.73 Å². The van der Waals surface area contributed by atoms with E-state index >= 15 is 0 Å². The molecule has 0 aromatic heterocycles. The fraction of sp³-hybridized carbons (Fsp3) is 0.389. The smallest absolute Gasteiger partial charge is 0.144 e. The van der Waals surface area contributed by atoms with Crippen LogP contribution in [0.3, 0.4) is 0 Å². The van der Waals surface area contributed by atoms with E-state index in [0.29, 0.717) is 6.42 Å². The molecular formula is C18H23NO. The molecule has 106 valence electrons. The zero-order valence-electron chi connectivity index (χ0n) is 12.7. The molecule has 2 aromatic rings. The van der Waals surface area contributed by atoms with E-state index in [-0.39, 0.29) is 5.78 Å². The minimum absolute atomic E-state index is 0.182. The molecule has 0 atom stereocenters. The summed E-state index contributed by atoms with van der Waals surface area (Å²) >= 11 is 0. The van der Waals surface area contributed by atoms with Gasteiger partial charge in [0.15, 0.2) is 0 Å². The maximum atomic E-state index is 12.6. The topological polar surface area (TPSA) is 43.1 Å². The molecule has 0 saturated carbocycles. The Morgan fingerprint density at radius 3 is 2.25 bits per heavy atom. The highest BCUT2D eigenvalue weighted by Gasteiger charge is 2.39. The Balaban J connectivity index is 2.36. The van der Waals surface area contributed by atoms with E-state index in [2.05, 4.69) is 18.2 Å². The lowest BCUT2D eigenvalue weighted by Gasteiger charge is -2.37. The summed E-state index contributed by atoms with van der Waals surface area (Å²) < 4.78 is 0. The van der Waals surface area contributed by atoms with Gasteiger partial charge in [0, 0.05) is 17.4 Å². The van der Waals surface area contributed by atoms with Crippen molar-refractivity contribution in [2.45, 2.75) is 39.7 Å². The zero-order valence-corrected chi connectivity index (χ0v) is 12.7. The van der Waals surface area contributed by atoms with Crippen molar-refractivity contribution >= 4 is 16.6 Å². The van der Waals surface area contributed by atoms with Gasteiger partial charge in [0.25, 0.3) is 0 Å². The summed E-state index contributed by atoms with van der Waals surface area (Å²) in [6.07, 6.45) is 0.426. The van der Waals surface area contributed by atoms with Gasteiger partial charge in [0.2, 0.25) is 0 Å². The van der Waals surface area contributed by atoms with Crippen molar-refractivity contribution in [1.29, 1.82) is 0 Å². The van der Waals surface area contributed by atoms with Crippen LogP contribution in [0.2, 0.25) is 0 Å². The first-order valence-electron chi connectivity index (χ1n) is 7.02. The second-order valence-corrected chi connectivity index (χ2v) is 6.58. The average molecular weight is 269 g/mol. The number of fused-ring (bicyclic) bond motifs is 1. The largest absolute Gasteiger partial charge is 0.325 e. The molecule has 0 fully saturated rings. The number of nitrogens with two attached hydrogens (primary N) is 1. The van der Waals surface area contributed by atoms with Gasteiger partial charge < -0.3 is 5.73 Å². The van der Waals surface area contributed by atoms with Crippen LogP contribution in [0.5, 0.6) is 0 Å². The average Bonchev–Trinajstić information content (AvgIpc) is 2.37. The second kappa shape index (κ2) is 5.02. The molecule has 0 bridgehead atoms. The summed E-state index contributed by atoms with van der Waals surface area (Å²) in [5.74, 6) is 0.182. The third-order valence-corrected chi connectivity index (χ3v) is 4.54. The van der Waals surface area contributed by atoms with Gasteiger partial charge in [-0.25, -0.2) is 0 Å². The molecule has 0 amide bonds. The van der Waals surface area contributed by atoms with Crippen LogP contribution < -0.4 is 5.73 Å². The normalized spacial score (nSPS) is 12.7. The van der Waals surface area contributed by atoms with E-state index < -0.39 is 11.0 Å². The minimum Gasteiger partial charge on any atom is -0.325 e. The van der Waals surface area contributed by atoms with Crippen molar-refractivity contribution in [2.24, 2.45) is 11.1 Å². The van der Waals surface area contributed by atoms with E-state index in [1.165, 1.54) is 5.39 Å². The van der Waals surface area contributed by atoms with Crippen molar-refractivity contribution in [3.63, 3.8) is 0 Å². The fourth-order valence-electron chi connectivity index (χ4n) is 2.20. The van der Waals surface area contributed by atoms with E-state index in [1.807, 2.05) is 52.0 Å². The van der Waals surface area contributed by atoms with Gasteiger partial charge in [0.05, 0.1) is 0 Å². The van der Waals surface area contributed by atoms with Crippen molar-refractivity contribution < 1.29 is 4.79 Å². The van der Waals surface area contributed by atoms with Gasteiger partial charge >= 0.3 is 0 Å². The third kappa shape index (κ3) is 2.61. The Kier molecular flexibility index (Phi) is 3.70. The van der Waals surface area contributed by atoms with Crippen LogP contribution in [0.1, 0.15) is 33.3 Å². The van der Waals surface area contributed by atoms with Crippen LogP contribution in [0.15, 0.2) is 42.5 Å². The lowest BCUT2D eigenvalue weighted by molar-refractivity contribution is -0.129. The zero-order chi connectivity index (χ0) is 15.0. The summed E-state index contributed by atoms with van der Waals surface area (Å²) in [7, 11) is 0. The maximum absolute atomic E-state index is 12.6. The SMILES string of the molecule is CC(C)(N)C(C)(C)C(=O)Cc1cccc2ccccc12. The molecule has 0 aliphatic heterocycles. The Labute approximate surface area is 121 Å². The first-order chi connectivity index (χ1) is 9.23. The number of carbonyl (C=O) groups excluding carboxylic acids is 1. The van der Waals surface area contributed by atoms with Crippen LogP contribution in [0, 0.1) is 5.41 Å². The van der Waals surface area contributed by atoms with Gasteiger partial charge in [-0.1, -0.05) is 56.3 Å². The molecule has 0 spiro atoms. The van der Waals surface area contributed by atoms with E-state index in [1.54, 1.807) is 0 Å². The fourth-order valence-corrected chi connectivity index (χ4v) is 2.20. The van der Waals surface area contributed by atoms with Crippen LogP contribution >= 0.6 is 0 Å². The molecule has 0 saturated heterocycles. The number of ketones is 1. The summed E-state index contributed by atoms with van der Waals surface area (Å²) in [5.41, 5.74) is 6.15. The number of hydrogen-bond donors (Lipinski definition) is 1. The van der Waals surface area contributed by atoms with E-state index in [9.17, 15) is 4.79 Å². The molecule has 2 aromatic carbocycles. The highest BCUT2D eigenvalue weighted by atomic mass is 16.1. The van der Waals surface area contributed by atoms with Crippen LogP contribution in [-0.4, -0.2) is 11.3 Å². The summed E-state index contributed by atoms with van der Waals surface area (Å²) in [4.78, 5) is 12.6. The Morgan fingerprint density at radius 1 is 1.00 bits per heavy atom. The predicted octanol–water partition coefficient (Wildman–Crippen LogP) is 3.71. The second-order valence-electron chi connectivity index (χ2n) is 6.58. The summed E-state index contributed by atoms with van der Waals surface area (Å²) in [6, 6.07) is 14.3. The molecule has 2 N–H and O–H groups in total. The predicted molar refractivity (Wildman–Crippen MR) is 84.7 cm³/mol. The number of rotatable bonds is 4. The van der Waals surface area contributed by atoms with Crippen molar-refractivity contribution in [3.8, 4) is 0 Å². The highest BCUT2D eigenvalue weighted by molar-refractivity contribution is 5.93.